The normalized spacial score (nSPS) is 10.5. The fourth-order valence-electron chi connectivity index (χ4n) is 1.10. The highest BCUT2D eigenvalue weighted by molar-refractivity contribution is 6.18. The second-order valence-electron chi connectivity index (χ2n) is 3.28. The number of nitriles is 1. The summed E-state index contributed by atoms with van der Waals surface area (Å²) in [6.45, 7) is 2.40. The summed E-state index contributed by atoms with van der Waals surface area (Å²) < 4.78 is 4.79. The summed E-state index contributed by atoms with van der Waals surface area (Å²) in [7, 11) is 0. The SMILES string of the molecule is CCOC(=O)N(/C=C(/C#N)C(=O)NCCCl)CCN. The lowest BCUT2D eigenvalue weighted by Gasteiger charge is -2.17. The van der Waals surface area contributed by atoms with Gasteiger partial charge in [0.15, 0.2) is 0 Å². The topological polar surface area (TPSA) is 108 Å². The van der Waals surface area contributed by atoms with Crippen molar-refractivity contribution in [1.29, 1.82) is 5.26 Å². The van der Waals surface area contributed by atoms with Crippen molar-refractivity contribution in [2.75, 3.05) is 32.1 Å². The molecule has 2 amide bonds. The Morgan fingerprint density at radius 1 is 1.58 bits per heavy atom. The van der Waals surface area contributed by atoms with Crippen LogP contribution in [0, 0.1) is 11.3 Å². The van der Waals surface area contributed by atoms with Gasteiger partial charge >= 0.3 is 6.09 Å². The summed E-state index contributed by atoms with van der Waals surface area (Å²) in [4.78, 5) is 24.2. The lowest BCUT2D eigenvalue weighted by atomic mass is 10.3. The Kier molecular flexibility index (Phi) is 9.22. The van der Waals surface area contributed by atoms with E-state index in [-0.39, 0.29) is 37.7 Å². The number of hydrogen-bond acceptors (Lipinski definition) is 5. The monoisotopic (exact) mass is 288 g/mol. The van der Waals surface area contributed by atoms with Crippen LogP contribution in [-0.2, 0) is 9.53 Å². The van der Waals surface area contributed by atoms with E-state index in [0.717, 1.165) is 11.1 Å². The highest BCUT2D eigenvalue weighted by Crippen LogP contribution is 2.01. The number of hydrogen-bond donors (Lipinski definition) is 2. The number of alkyl halides is 1. The summed E-state index contributed by atoms with van der Waals surface area (Å²) in [5.41, 5.74) is 5.14. The van der Waals surface area contributed by atoms with Gasteiger partial charge in [0, 0.05) is 31.7 Å². The van der Waals surface area contributed by atoms with Crippen LogP contribution in [0.2, 0.25) is 0 Å². The maximum absolute atomic E-state index is 11.6. The first-order valence-corrected chi connectivity index (χ1v) is 6.23. The number of nitrogens with two attached hydrogens (primary N) is 1. The molecule has 8 heteroatoms. The molecule has 19 heavy (non-hydrogen) atoms. The third kappa shape index (κ3) is 6.64. The van der Waals surface area contributed by atoms with Crippen LogP contribution in [0.4, 0.5) is 4.79 Å². The van der Waals surface area contributed by atoms with Crippen LogP contribution >= 0.6 is 11.6 Å². The second kappa shape index (κ2) is 10.2. The van der Waals surface area contributed by atoms with Gasteiger partial charge in [-0.15, -0.1) is 11.6 Å². The zero-order chi connectivity index (χ0) is 14.7. The molecule has 0 aliphatic carbocycles. The van der Waals surface area contributed by atoms with Gasteiger partial charge in [-0.05, 0) is 6.92 Å². The summed E-state index contributed by atoms with van der Waals surface area (Å²) in [6.07, 6.45) is 0.458. The first kappa shape index (κ1) is 17.2. The van der Waals surface area contributed by atoms with E-state index < -0.39 is 12.0 Å². The van der Waals surface area contributed by atoms with Gasteiger partial charge < -0.3 is 15.8 Å². The number of nitrogens with zero attached hydrogens (tertiary/aromatic N) is 2. The highest BCUT2D eigenvalue weighted by Gasteiger charge is 2.16. The van der Waals surface area contributed by atoms with E-state index in [2.05, 4.69) is 5.32 Å². The molecule has 3 N–H and O–H groups in total. The maximum Gasteiger partial charge on any atom is 0.413 e. The van der Waals surface area contributed by atoms with E-state index in [1.165, 1.54) is 0 Å². The second-order valence-corrected chi connectivity index (χ2v) is 3.66. The van der Waals surface area contributed by atoms with Gasteiger partial charge in [-0.2, -0.15) is 5.26 Å². The molecule has 0 unspecified atom stereocenters. The number of rotatable bonds is 7. The Morgan fingerprint density at radius 2 is 2.26 bits per heavy atom. The molecular formula is C11H17ClN4O3. The van der Waals surface area contributed by atoms with Crippen LogP contribution in [-0.4, -0.2) is 49.0 Å². The molecule has 0 aromatic carbocycles. The van der Waals surface area contributed by atoms with Gasteiger partial charge in [-0.3, -0.25) is 9.69 Å². The number of nitrogens with one attached hydrogen (secondary N) is 1. The summed E-state index contributed by atoms with van der Waals surface area (Å²) in [6, 6.07) is 1.71. The van der Waals surface area contributed by atoms with Crippen LogP contribution in [0.15, 0.2) is 11.8 Å². The summed E-state index contributed by atoms with van der Waals surface area (Å²) >= 11 is 5.42. The van der Waals surface area contributed by atoms with Crippen molar-refractivity contribution in [2.24, 2.45) is 5.73 Å². The van der Waals surface area contributed by atoms with Crippen molar-refractivity contribution in [3.8, 4) is 6.07 Å². The van der Waals surface area contributed by atoms with Gasteiger partial charge in [0.1, 0.15) is 11.6 Å². The van der Waals surface area contributed by atoms with Crippen LogP contribution in [0.1, 0.15) is 6.92 Å². The van der Waals surface area contributed by atoms with Crippen LogP contribution < -0.4 is 11.1 Å². The van der Waals surface area contributed by atoms with Crippen molar-refractivity contribution in [2.45, 2.75) is 6.92 Å². The molecule has 106 valence electrons. The Bertz CT molecular complexity index is 379. The van der Waals surface area contributed by atoms with E-state index in [1.807, 2.05) is 0 Å². The van der Waals surface area contributed by atoms with E-state index in [0.29, 0.717) is 0 Å². The molecule has 0 atom stereocenters. The van der Waals surface area contributed by atoms with Crippen molar-refractivity contribution < 1.29 is 14.3 Å². The number of amides is 2. The molecule has 0 radical (unpaired) electrons. The number of halogens is 1. The molecule has 0 fully saturated rings. The number of carbonyl (C=O) groups is 2. The third-order valence-corrected chi connectivity index (χ3v) is 2.09. The highest BCUT2D eigenvalue weighted by atomic mass is 35.5. The summed E-state index contributed by atoms with van der Waals surface area (Å²) in [5.74, 6) is -0.371. The predicted octanol–water partition coefficient (Wildman–Crippen LogP) is 0.166. The van der Waals surface area contributed by atoms with Gasteiger partial charge in [-0.1, -0.05) is 0 Å². The fraction of sp³-hybridized carbons (Fsp3) is 0.545. The average molecular weight is 289 g/mol. The molecule has 0 aromatic heterocycles. The number of carbonyl (C=O) groups excluding carboxylic acids is 2. The Morgan fingerprint density at radius 3 is 2.74 bits per heavy atom. The van der Waals surface area contributed by atoms with Crippen molar-refractivity contribution in [3.63, 3.8) is 0 Å². The van der Waals surface area contributed by atoms with Gasteiger partial charge in [0.2, 0.25) is 0 Å². The largest absolute Gasteiger partial charge is 0.449 e. The van der Waals surface area contributed by atoms with Gasteiger partial charge in [0.25, 0.3) is 5.91 Å². The number of ether oxygens (including phenoxy) is 1. The van der Waals surface area contributed by atoms with E-state index in [4.69, 9.17) is 27.3 Å². The molecule has 0 saturated heterocycles. The van der Waals surface area contributed by atoms with Crippen molar-refractivity contribution >= 4 is 23.6 Å². The minimum atomic E-state index is -0.661. The minimum Gasteiger partial charge on any atom is -0.449 e. The molecule has 0 heterocycles. The lowest BCUT2D eigenvalue weighted by molar-refractivity contribution is -0.117. The zero-order valence-electron chi connectivity index (χ0n) is 10.7. The molecule has 0 saturated carbocycles. The van der Waals surface area contributed by atoms with E-state index in [9.17, 15) is 9.59 Å². The van der Waals surface area contributed by atoms with Crippen LogP contribution in [0.3, 0.4) is 0 Å². The van der Waals surface area contributed by atoms with Crippen molar-refractivity contribution in [3.05, 3.63) is 11.8 Å². The molecule has 0 bridgehead atoms. The van der Waals surface area contributed by atoms with E-state index in [1.54, 1.807) is 13.0 Å². The van der Waals surface area contributed by atoms with Gasteiger partial charge in [0.05, 0.1) is 6.61 Å². The minimum absolute atomic E-state index is 0.146. The molecule has 0 aliphatic heterocycles. The van der Waals surface area contributed by atoms with Gasteiger partial charge in [-0.25, -0.2) is 4.79 Å². The van der Waals surface area contributed by atoms with Crippen LogP contribution in [0.25, 0.3) is 0 Å². The van der Waals surface area contributed by atoms with E-state index >= 15 is 0 Å². The first-order chi connectivity index (χ1) is 9.10. The Labute approximate surface area is 116 Å². The zero-order valence-corrected chi connectivity index (χ0v) is 11.4. The molecular weight excluding hydrogens is 272 g/mol. The Hall–Kier alpha value is -1.78. The average Bonchev–Trinajstić information content (AvgIpc) is 2.40. The first-order valence-electron chi connectivity index (χ1n) is 5.70. The standard InChI is InChI=1S/C11H17ClN4O3/c1-2-19-11(18)16(6-4-13)8-9(7-14)10(17)15-5-3-12/h8H,2-6,13H2,1H3,(H,15,17)/b9-8-. The quantitative estimate of drug-likeness (QED) is 0.394. The molecule has 0 spiro atoms. The maximum atomic E-state index is 11.6. The Balaban J connectivity index is 4.90. The third-order valence-electron chi connectivity index (χ3n) is 1.90. The molecule has 0 rings (SSSR count). The molecule has 7 nitrogen and oxygen atoms in total. The molecule has 0 aromatic rings. The van der Waals surface area contributed by atoms with Crippen molar-refractivity contribution in [1.82, 2.24) is 10.2 Å². The fourth-order valence-corrected chi connectivity index (χ4v) is 1.20. The predicted molar refractivity (Wildman–Crippen MR) is 70.2 cm³/mol. The lowest BCUT2D eigenvalue weighted by Crippen LogP contribution is -2.34. The molecule has 0 aliphatic rings. The van der Waals surface area contributed by atoms with Crippen LogP contribution in [0.5, 0.6) is 0 Å². The summed E-state index contributed by atoms with van der Waals surface area (Å²) in [5, 5.41) is 11.3. The smallest absolute Gasteiger partial charge is 0.413 e.